The van der Waals surface area contributed by atoms with Gasteiger partial charge in [0.05, 0.1) is 31.6 Å². The molecular formula is C10H14N4O2. The largest absolute Gasteiger partial charge is 0.468 e. The topological polar surface area (TPSA) is 93.9 Å². The van der Waals surface area contributed by atoms with Crippen LogP contribution in [-0.4, -0.2) is 28.7 Å². The molecule has 0 aliphatic rings. The Morgan fingerprint density at radius 2 is 2.56 bits per heavy atom. The van der Waals surface area contributed by atoms with E-state index >= 15 is 0 Å². The predicted octanol–water partition coefficient (Wildman–Crippen LogP) is -0.160. The van der Waals surface area contributed by atoms with E-state index in [9.17, 15) is 4.79 Å². The first kappa shape index (κ1) is 12.2. The smallest absolute Gasteiger partial charge is 0.323 e. The fraction of sp³-hybridized carbons (Fsp3) is 0.500. The van der Waals surface area contributed by atoms with Crippen molar-refractivity contribution < 1.29 is 9.53 Å². The first-order valence-electron chi connectivity index (χ1n) is 4.88. The number of nitrogens with zero attached hydrogens (tertiary/aromatic N) is 3. The van der Waals surface area contributed by atoms with E-state index in [1.807, 2.05) is 6.07 Å². The number of nitrogens with two attached hydrogens (primary N) is 1. The van der Waals surface area contributed by atoms with Gasteiger partial charge in [-0.3, -0.25) is 4.79 Å². The summed E-state index contributed by atoms with van der Waals surface area (Å²) in [7, 11) is 1.30. The van der Waals surface area contributed by atoms with Gasteiger partial charge in [0.1, 0.15) is 6.04 Å². The quantitative estimate of drug-likeness (QED) is 0.698. The molecule has 6 heteroatoms. The number of methoxy groups -OCH3 is 1. The Morgan fingerprint density at radius 3 is 3.19 bits per heavy atom. The monoisotopic (exact) mass is 222 g/mol. The molecule has 1 aromatic heterocycles. The van der Waals surface area contributed by atoms with Crippen LogP contribution in [0.5, 0.6) is 0 Å². The first-order chi connectivity index (χ1) is 7.67. The van der Waals surface area contributed by atoms with E-state index in [-0.39, 0.29) is 0 Å². The maximum absolute atomic E-state index is 11.1. The van der Waals surface area contributed by atoms with Crippen LogP contribution in [-0.2, 0) is 22.5 Å². The molecule has 0 radical (unpaired) electrons. The summed E-state index contributed by atoms with van der Waals surface area (Å²) < 4.78 is 6.31. The number of carbonyl (C=O) groups is 1. The lowest BCUT2D eigenvalue weighted by molar-refractivity contribution is -0.142. The van der Waals surface area contributed by atoms with Crippen LogP contribution in [0.2, 0.25) is 0 Å². The van der Waals surface area contributed by atoms with E-state index in [4.69, 9.17) is 11.0 Å². The highest BCUT2D eigenvalue weighted by molar-refractivity contribution is 5.75. The molecule has 0 bridgehead atoms. The van der Waals surface area contributed by atoms with E-state index in [1.165, 1.54) is 7.11 Å². The van der Waals surface area contributed by atoms with Crippen LogP contribution in [0.25, 0.3) is 0 Å². The summed E-state index contributed by atoms with van der Waals surface area (Å²) in [5.74, 6) is -0.452. The van der Waals surface area contributed by atoms with Gasteiger partial charge >= 0.3 is 5.97 Å². The van der Waals surface area contributed by atoms with Crippen LogP contribution >= 0.6 is 0 Å². The molecule has 0 saturated carbocycles. The molecule has 2 N–H and O–H groups in total. The predicted molar refractivity (Wildman–Crippen MR) is 56.2 cm³/mol. The third-order valence-electron chi connectivity index (χ3n) is 2.10. The number of esters is 1. The zero-order valence-corrected chi connectivity index (χ0v) is 9.09. The van der Waals surface area contributed by atoms with Crippen LogP contribution in [0.4, 0.5) is 0 Å². The van der Waals surface area contributed by atoms with E-state index in [2.05, 4.69) is 9.72 Å². The molecule has 1 atom stereocenters. The van der Waals surface area contributed by atoms with E-state index in [1.54, 1.807) is 17.1 Å². The molecule has 0 unspecified atom stereocenters. The van der Waals surface area contributed by atoms with Crippen LogP contribution in [0.3, 0.4) is 0 Å². The second-order valence-electron chi connectivity index (χ2n) is 3.34. The molecule has 1 aromatic rings. The van der Waals surface area contributed by atoms with Gasteiger partial charge < -0.3 is 15.0 Å². The summed E-state index contributed by atoms with van der Waals surface area (Å²) in [5, 5.41) is 8.42. The second kappa shape index (κ2) is 5.88. The molecule has 0 amide bonds. The number of nitriles is 1. The van der Waals surface area contributed by atoms with Crippen molar-refractivity contribution in [1.82, 2.24) is 9.55 Å². The standard InChI is InChI=1S/C10H14N4O2/c1-16-10(15)9(12)5-8-6-14(7-13-8)4-2-3-11/h6-7,9H,2,4-5,12H2,1H3/t9-/m0/s1. The van der Waals surface area contributed by atoms with Gasteiger partial charge in [-0.05, 0) is 0 Å². The average Bonchev–Trinajstić information content (AvgIpc) is 2.72. The molecule has 0 aromatic carbocycles. The molecule has 86 valence electrons. The number of aromatic nitrogens is 2. The minimum atomic E-state index is -0.690. The van der Waals surface area contributed by atoms with Crippen LogP contribution in [0, 0.1) is 11.3 Å². The zero-order valence-electron chi connectivity index (χ0n) is 9.09. The molecule has 0 aliphatic heterocycles. The Balaban J connectivity index is 2.52. The summed E-state index contributed by atoms with van der Waals surface area (Å²) in [5.41, 5.74) is 6.31. The van der Waals surface area contributed by atoms with Crippen LogP contribution in [0.1, 0.15) is 12.1 Å². The summed E-state index contributed by atoms with van der Waals surface area (Å²) in [4.78, 5) is 15.2. The van der Waals surface area contributed by atoms with Crippen molar-refractivity contribution in [2.75, 3.05) is 7.11 Å². The minimum Gasteiger partial charge on any atom is -0.468 e. The van der Waals surface area contributed by atoms with Crippen molar-refractivity contribution >= 4 is 5.97 Å². The van der Waals surface area contributed by atoms with Gasteiger partial charge in [-0.2, -0.15) is 5.26 Å². The molecular weight excluding hydrogens is 208 g/mol. The normalized spacial score (nSPS) is 11.8. The second-order valence-corrected chi connectivity index (χ2v) is 3.34. The Labute approximate surface area is 93.6 Å². The molecule has 0 aliphatic carbocycles. The van der Waals surface area contributed by atoms with Crippen molar-refractivity contribution in [3.63, 3.8) is 0 Å². The third-order valence-corrected chi connectivity index (χ3v) is 2.10. The summed E-state index contributed by atoms with van der Waals surface area (Å²) >= 11 is 0. The SMILES string of the molecule is COC(=O)[C@@H](N)Cc1cn(CCC#N)cn1. The van der Waals surface area contributed by atoms with Gasteiger partial charge in [-0.25, -0.2) is 4.98 Å². The molecule has 1 rings (SSSR count). The summed E-state index contributed by atoms with van der Waals surface area (Å²) in [6, 6.07) is 1.36. The van der Waals surface area contributed by atoms with E-state index in [0.717, 1.165) is 5.69 Å². The third kappa shape index (κ3) is 3.37. The van der Waals surface area contributed by atoms with Gasteiger partial charge in [0.2, 0.25) is 0 Å². The fourth-order valence-electron chi connectivity index (χ4n) is 1.27. The summed E-state index contributed by atoms with van der Waals surface area (Å²) in [6.07, 6.45) is 4.17. The van der Waals surface area contributed by atoms with Crippen molar-refractivity contribution in [2.24, 2.45) is 5.73 Å². The van der Waals surface area contributed by atoms with Crippen LogP contribution in [0.15, 0.2) is 12.5 Å². The molecule has 0 spiro atoms. The van der Waals surface area contributed by atoms with Crippen molar-refractivity contribution in [3.8, 4) is 6.07 Å². The molecule has 16 heavy (non-hydrogen) atoms. The van der Waals surface area contributed by atoms with Gasteiger partial charge in [-0.1, -0.05) is 0 Å². The first-order valence-corrected chi connectivity index (χ1v) is 4.88. The highest BCUT2D eigenvalue weighted by atomic mass is 16.5. The van der Waals surface area contributed by atoms with Crippen molar-refractivity contribution in [3.05, 3.63) is 18.2 Å². The lowest BCUT2D eigenvalue weighted by atomic mass is 10.2. The zero-order chi connectivity index (χ0) is 12.0. The number of aryl methyl sites for hydroxylation is 1. The van der Waals surface area contributed by atoms with Gasteiger partial charge in [-0.15, -0.1) is 0 Å². The highest BCUT2D eigenvalue weighted by Crippen LogP contribution is 2.01. The number of carbonyl (C=O) groups excluding carboxylic acids is 1. The van der Waals surface area contributed by atoms with E-state index in [0.29, 0.717) is 19.4 Å². The Hall–Kier alpha value is -1.87. The lowest BCUT2D eigenvalue weighted by Gasteiger charge is -2.06. The highest BCUT2D eigenvalue weighted by Gasteiger charge is 2.15. The number of ether oxygens (including phenoxy) is 1. The van der Waals surface area contributed by atoms with Gasteiger partial charge in [0.25, 0.3) is 0 Å². The van der Waals surface area contributed by atoms with E-state index < -0.39 is 12.0 Å². The molecule has 6 nitrogen and oxygen atoms in total. The van der Waals surface area contributed by atoms with Gasteiger partial charge in [0, 0.05) is 19.2 Å². The maximum atomic E-state index is 11.1. The lowest BCUT2D eigenvalue weighted by Crippen LogP contribution is -2.33. The summed E-state index contributed by atoms with van der Waals surface area (Å²) in [6.45, 7) is 0.594. The fourth-order valence-corrected chi connectivity index (χ4v) is 1.27. The van der Waals surface area contributed by atoms with Crippen molar-refractivity contribution in [1.29, 1.82) is 5.26 Å². The molecule has 0 saturated heterocycles. The Kier molecular flexibility index (Phi) is 4.48. The van der Waals surface area contributed by atoms with Crippen molar-refractivity contribution in [2.45, 2.75) is 25.4 Å². The number of hydrogen-bond donors (Lipinski definition) is 1. The Bertz CT molecular complexity index is 394. The average molecular weight is 222 g/mol. The minimum absolute atomic E-state index is 0.340. The maximum Gasteiger partial charge on any atom is 0.323 e. The number of imidazole rings is 1. The Morgan fingerprint density at radius 1 is 1.81 bits per heavy atom. The van der Waals surface area contributed by atoms with Crippen LogP contribution < -0.4 is 5.73 Å². The molecule has 1 heterocycles. The number of rotatable bonds is 5. The molecule has 0 fully saturated rings. The van der Waals surface area contributed by atoms with Gasteiger partial charge in [0.15, 0.2) is 0 Å². The number of hydrogen-bond acceptors (Lipinski definition) is 5.